The number of thiazole rings is 1. The molecular weight excluding hydrogens is 250 g/mol. The van der Waals surface area contributed by atoms with Crippen molar-refractivity contribution >= 4 is 22.4 Å². The quantitative estimate of drug-likeness (QED) is 0.878. The first kappa shape index (κ1) is 11.9. The monoisotopic (exact) mass is 267 g/mol. The lowest BCUT2D eigenvalue weighted by Gasteiger charge is -2.37. The Kier molecular flexibility index (Phi) is 2.99. The van der Waals surface area contributed by atoms with Crippen LogP contribution in [0.25, 0.3) is 0 Å². The fourth-order valence-electron chi connectivity index (χ4n) is 2.88. The minimum Gasteiger partial charge on any atom is -0.476 e. The van der Waals surface area contributed by atoms with Gasteiger partial charge in [0.1, 0.15) is 0 Å². The molecule has 1 atom stereocenters. The molecule has 1 aromatic heterocycles. The number of piperazine rings is 1. The number of rotatable bonds is 2. The zero-order valence-corrected chi connectivity index (χ0v) is 11.2. The first-order valence-electron chi connectivity index (χ1n) is 6.35. The maximum Gasteiger partial charge on any atom is 0.355 e. The molecule has 3 rings (SSSR count). The lowest BCUT2D eigenvalue weighted by molar-refractivity contribution is 0.0690. The van der Waals surface area contributed by atoms with Crippen LogP contribution in [-0.2, 0) is 0 Å². The molecule has 0 aliphatic carbocycles. The van der Waals surface area contributed by atoms with Crippen LogP contribution in [-0.4, -0.2) is 53.2 Å². The van der Waals surface area contributed by atoms with Crippen LogP contribution in [0, 0.1) is 6.92 Å². The van der Waals surface area contributed by atoms with E-state index in [9.17, 15) is 4.79 Å². The van der Waals surface area contributed by atoms with Crippen LogP contribution in [0.5, 0.6) is 0 Å². The average molecular weight is 267 g/mol. The largest absolute Gasteiger partial charge is 0.476 e. The number of aromatic carboxylic acids is 1. The maximum absolute atomic E-state index is 11.0. The number of carboxylic acid groups (broad SMARTS) is 1. The lowest BCUT2D eigenvalue weighted by atomic mass is 10.2. The van der Waals surface area contributed by atoms with Crippen molar-refractivity contribution in [3.8, 4) is 0 Å². The summed E-state index contributed by atoms with van der Waals surface area (Å²) >= 11 is 1.50. The van der Waals surface area contributed by atoms with Gasteiger partial charge in [0, 0.05) is 30.6 Å². The first-order valence-corrected chi connectivity index (χ1v) is 7.16. The molecule has 1 N–H and O–H groups in total. The summed E-state index contributed by atoms with van der Waals surface area (Å²) in [5.74, 6) is -0.922. The van der Waals surface area contributed by atoms with E-state index in [0.29, 0.717) is 6.04 Å². The maximum atomic E-state index is 11.0. The van der Waals surface area contributed by atoms with Crippen molar-refractivity contribution < 1.29 is 9.90 Å². The molecule has 0 spiro atoms. The van der Waals surface area contributed by atoms with Gasteiger partial charge in [-0.15, -0.1) is 11.3 Å². The molecule has 5 nitrogen and oxygen atoms in total. The van der Waals surface area contributed by atoms with Crippen molar-refractivity contribution in [1.29, 1.82) is 0 Å². The van der Waals surface area contributed by atoms with E-state index in [4.69, 9.17) is 5.11 Å². The van der Waals surface area contributed by atoms with Crippen molar-refractivity contribution in [1.82, 2.24) is 9.88 Å². The van der Waals surface area contributed by atoms with Crippen LogP contribution in [0.3, 0.4) is 0 Å². The molecular formula is C12H17N3O2S. The number of carboxylic acids is 1. The van der Waals surface area contributed by atoms with Crippen LogP contribution < -0.4 is 4.90 Å². The topological polar surface area (TPSA) is 56.7 Å². The third-order valence-electron chi connectivity index (χ3n) is 3.85. The number of aryl methyl sites for hydroxylation is 1. The summed E-state index contributed by atoms with van der Waals surface area (Å²) in [5.41, 5.74) is 0.212. The number of hydrogen-bond donors (Lipinski definition) is 1. The van der Waals surface area contributed by atoms with Crippen molar-refractivity contribution in [2.24, 2.45) is 0 Å². The summed E-state index contributed by atoms with van der Waals surface area (Å²) in [6.07, 6.45) is 2.54. The number of aromatic nitrogens is 1. The van der Waals surface area contributed by atoms with Crippen molar-refractivity contribution in [2.45, 2.75) is 25.8 Å². The molecule has 2 aliphatic heterocycles. The van der Waals surface area contributed by atoms with Crippen LogP contribution in [0.4, 0.5) is 5.13 Å². The Morgan fingerprint density at radius 2 is 2.28 bits per heavy atom. The Balaban J connectivity index is 1.78. The summed E-state index contributed by atoms with van der Waals surface area (Å²) in [7, 11) is 0. The normalized spacial score (nSPS) is 24.3. The van der Waals surface area contributed by atoms with Gasteiger partial charge in [-0.3, -0.25) is 4.90 Å². The van der Waals surface area contributed by atoms with Crippen LogP contribution in [0.1, 0.15) is 28.2 Å². The summed E-state index contributed by atoms with van der Waals surface area (Å²) in [6, 6.07) is 0.635. The highest BCUT2D eigenvalue weighted by atomic mass is 32.1. The molecule has 6 heteroatoms. The predicted molar refractivity (Wildman–Crippen MR) is 70.6 cm³/mol. The second-order valence-electron chi connectivity index (χ2n) is 4.98. The number of nitrogens with zero attached hydrogens (tertiary/aromatic N) is 3. The molecule has 98 valence electrons. The van der Waals surface area contributed by atoms with Gasteiger partial charge in [-0.05, 0) is 26.3 Å². The fourth-order valence-corrected chi connectivity index (χ4v) is 3.82. The molecule has 0 saturated carbocycles. The van der Waals surface area contributed by atoms with E-state index in [0.717, 1.165) is 29.6 Å². The van der Waals surface area contributed by atoms with E-state index in [2.05, 4.69) is 14.8 Å². The third kappa shape index (κ3) is 1.99. The molecule has 0 aromatic carbocycles. The highest BCUT2D eigenvalue weighted by Gasteiger charge is 2.32. The highest BCUT2D eigenvalue weighted by molar-refractivity contribution is 7.15. The summed E-state index contributed by atoms with van der Waals surface area (Å²) in [5, 5.41) is 9.92. The fraction of sp³-hybridized carbons (Fsp3) is 0.667. The van der Waals surface area contributed by atoms with Crippen molar-refractivity contribution in [3.05, 3.63) is 10.6 Å². The van der Waals surface area contributed by atoms with Gasteiger partial charge in [-0.2, -0.15) is 0 Å². The van der Waals surface area contributed by atoms with Crippen LogP contribution >= 0.6 is 11.3 Å². The predicted octanol–water partition coefficient (Wildman–Crippen LogP) is 1.43. The van der Waals surface area contributed by atoms with E-state index in [1.54, 1.807) is 0 Å². The minimum atomic E-state index is -0.922. The number of fused-ring (bicyclic) bond motifs is 1. The Morgan fingerprint density at radius 1 is 1.44 bits per heavy atom. The zero-order chi connectivity index (χ0) is 12.7. The van der Waals surface area contributed by atoms with Crippen molar-refractivity contribution in [3.63, 3.8) is 0 Å². The van der Waals surface area contributed by atoms with E-state index in [1.807, 2.05) is 6.92 Å². The number of carbonyl (C=O) groups is 1. The Morgan fingerprint density at radius 3 is 3.00 bits per heavy atom. The first-order chi connectivity index (χ1) is 8.65. The van der Waals surface area contributed by atoms with Gasteiger partial charge in [0.05, 0.1) is 0 Å². The number of hydrogen-bond acceptors (Lipinski definition) is 5. The van der Waals surface area contributed by atoms with Gasteiger partial charge in [0.15, 0.2) is 10.8 Å². The summed E-state index contributed by atoms with van der Waals surface area (Å²) in [6.45, 7) is 6.08. The summed E-state index contributed by atoms with van der Waals surface area (Å²) < 4.78 is 0. The van der Waals surface area contributed by atoms with Crippen LogP contribution in [0.2, 0.25) is 0 Å². The SMILES string of the molecule is Cc1sc(N2CCN3CCCC3C2)nc1C(=O)O. The second-order valence-corrected chi connectivity index (χ2v) is 6.17. The minimum absolute atomic E-state index is 0.212. The van der Waals surface area contributed by atoms with E-state index >= 15 is 0 Å². The molecule has 0 bridgehead atoms. The molecule has 18 heavy (non-hydrogen) atoms. The Hall–Kier alpha value is -1.14. The second kappa shape index (κ2) is 4.51. The van der Waals surface area contributed by atoms with E-state index < -0.39 is 5.97 Å². The smallest absolute Gasteiger partial charge is 0.355 e. The molecule has 2 fully saturated rings. The Labute approximate surface area is 110 Å². The summed E-state index contributed by atoms with van der Waals surface area (Å²) in [4.78, 5) is 20.9. The van der Waals surface area contributed by atoms with Gasteiger partial charge in [0.25, 0.3) is 0 Å². The molecule has 0 amide bonds. The molecule has 0 radical (unpaired) electrons. The standard InChI is InChI=1S/C12H17N3O2S/c1-8-10(11(16)17)13-12(18-8)15-6-5-14-4-2-3-9(14)7-15/h9H,2-7H2,1H3,(H,16,17). The van der Waals surface area contributed by atoms with E-state index in [1.165, 1.54) is 30.7 Å². The van der Waals surface area contributed by atoms with Crippen molar-refractivity contribution in [2.75, 3.05) is 31.1 Å². The Bertz CT molecular complexity index is 474. The molecule has 2 saturated heterocycles. The molecule has 1 aromatic rings. The highest BCUT2D eigenvalue weighted by Crippen LogP contribution is 2.30. The van der Waals surface area contributed by atoms with Crippen LogP contribution in [0.15, 0.2) is 0 Å². The molecule has 1 unspecified atom stereocenters. The van der Waals surface area contributed by atoms with Gasteiger partial charge >= 0.3 is 5.97 Å². The van der Waals surface area contributed by atoms with Gasteiger partial charge in [0.2, 0.25) is 0 Å². The third-order valence-corrected chi connectivity index (χ3v) is 4.88. The number of anilines is 1. The van der Waals surface area contributed by atoms with Gasteiger partial charge in [-0.25, -0.2) is 9.78 Å². The van der Waals surface area contributed by atoms with Gasteiger partial charge < -0.3 is 10.0 Å². The molecule has 2 aliphatic rings. The lowest BCUT2D eigenvalue weighted by Crippen LogP contribution is -2.50. The van der Waals surface area contributed by atoms with E-state index in [-0.39, 0.29) is 5.69 Å². The van der Waals surface area contributed by atoms with Gasteiger partial charge in [-0.1, -0.05) is 0 Å². The average Bonchev–Trinajstić information content (AvgIpc) is 2.93. The zero-order valence-electron chi connectivity index (χ0n) is 10.4. The molecule has 3 heterocycles.